The minimum absolute atomic E-state index is 0.592. The van der Waals surface area contributed by atoms with E-state index in [1.807, 2.05) is 0 Å². The van der Waals surface area contributed by atoms with Gasteiger partial charge in [-0.05, 0) is 43.9 Å². The van der Waals surface area contributed by atoms with Crippen LogP contribution in [0.5, 0.6) is 0 Å². The van der Waals surface area contributed by atoms with Crippen molar-refractivity contribution in [3.8, 4) is 0 Å². The van der Waals surface area contributed by atoms with Crippen LogP contribution in [0.25, 0.3) is 0 Å². The van der Waals surface area contributed by atoms with Gasteiger partial charge in [-0.1, -0.05) is 17.7 Å². The molecule has 0 spiro atoms. The number of nitrogens with one attached hydrogen (secondary N) is 2. The van der Waals surface area contributed by atoms with E-state index in [1.54, 1.807) is 0 Å². The van der Waals surface area contributed by atoms with E-state index in [0.29, 0.717) is 6.04 Å². The molecule has 1 unspecified atom stereocenters. The fourth-order valence-electron chi connectivity index (χ4n) is 2.64. The van der Waals surface area contributed by atoms with Crippen LogP contribution in [0.1, 0.15) is 22.3 Å². The second kappa shape index (κ2) is 4.98. The fourth-order valence-corrected chi connectivity index (χ4v) is 2.64. The largest absolute Gasteiger partial charge is 0.314 e. The summed E-state index contributed by atoms with van der Waals surface area (Å²) in [5.74, 6) is 0. The highest BCUT2D eigenvalue weighted by Gasteiger charge is 2.14. The number of aryl methyl sites for hydroxylation is 3. The van der Waals surface area contributed by atoms with Gasteiger partial charge in [-0.2, -0.15) is 0 Å². The molecule has 2 nitrogen and oxygen atoms in total. The summed E-state index contributed by atoms with van der Waals surface area (Å²) in [5, 5.41) is 7.02. The Morgan fingerprint density at radius 3 is 2.38 bits per heavy atom. The standard InChI is InChI=1S/C14H22N2/c1-10-6-11(2)14(12(3)7-10)8-13-9-15-4-5-16-13/h6-7,13,15-16H,4-5,8-9H2,1-3H3. The maximum absolute atomic E-state index is 3.57. The van der Waals surface area contributed by atoms with E-state index in [-0.39, 0.29) is 0 Å². The van der Waals surface area contributed by atoms with Gasteiger partial charge >= 0.3 is 0 Å². The highest BCUT2D eigenvalue weighted by molar-refractivity contribution is 5.38. The predicted octanol–water partition coefficient (Wildman–Crippen LogP) is 1.72. The predicted molar refractivity (Wildman–Crippen MR) is 69.0 cm³/mol. The summed E-state index contributed by atoms with van der Waals surface area (Å²) in [6.45, 7) is 9.91. The zero-order valence-electron chi connectivity index (χ0n) is 10.6. The Morgan fingerprint density at radius 1 is 1.12 bits per heavy atom. The summed E-state index contributed by atoms with van der Waals surface area (Å²) in [4.78, 5) is 0. The Bertz CT molecular complexity index is 342. The lowest BCUT2D eigenvalue weighted by atomic mass is 9.94. The Balaban J connectivity index is 2.14. The molecular weight excluding hydrogens is 196 g/mol. The average Bonchev–Trinajstić information content (AvgIpc) is 2.25. The quantitative estimate of drug-likeness (QED) is 0.790. The zero-order valence-corrected chi connectivity index (χ0v) is 10.6. The third-order valence-corrected chi connectivity index (χ3v) is 3.42. The third kappa shape index (κ3) is 2.63. The van der Waals surface area contributed by atoms with Crippen LogP contribution in [0, 0.1) is 20.8 Å². The third-order valence-electron chi connectivity index (χ3n) is 3.42. The molecule has 0 amide bonds. The van der Waals surface area contributed by atoms with Crippen LogP contribution in [0.2, 0.25) is 0 Å². The molecule has 0 aromatic heterocycles. The van der Waals surface area contributed by atoms with Crippen molar-refractivity contribution in [1.82, 2.24) is 10.6 Å². The van der Waals surface area contributed by atoms with Gasteiger partial charge in [0.05, 0.1) is 0 Å². The summed E-state index contributed by atoms with van der Waals surface area (Å²) in [7, 11) is 0. The maximum Gasteiger partial charge on any atom is 0.0233 e. The van der Waals surface area contributed by atoms with Crippen LogP contribution in [0.15, 0.2) is 12.1 Å². The van der Waals surface area contributed by atoms with Gasteiger partial charge in [-0.25, -0.2) is 0 Å². The first-order chi connectivity index (χ1) is 7.66. The van der Waals surface area contributed by atoms with Gasteiger partial charge in [0, 0.05) is 25.7 Å². The van der Waals surface area contributed by atoms with Gasteiger partial charge in [-0.3, -0.25) is 0 Å². The first kappa shape index (κ1) is 11.6. The normalized spacial score (nSPS) is 21.1. The molecule has 88 valence electrons. The second-order valence-corrected chi connectivity index (χ2v) is 4.94. The highest BCUT2D eigenvalue weighted by atomic mass is 15.0. The first-order valence-electron chi connectivity index (χ1n) is 6.17. The van der Waals surface area contributed by atoms with Crippen molar-refractivity contribution in [1.29, 1.82) is 0 Å². The maximum atomic E-state index is 3.57. The molecule has 0 aliphatic carbocycles. The van der Waals surface area contributed by atoms with Crippen LogP contribution in [-0.2, 0) is 6.42 Å². The van der Waals surface area contributed by atoms with E-state index < -0.39 is 0 Å². The van der Waals surface area contributed by atoms with Crippen molar-refractivity contribution in [2.24, 2.45) is 0 Å². The topological polar surface area (TPSA) is 24.1 Å². The SMILES string of the molecule is Cc1cc(C)c(CC2CNCCN2)c(C)c1. The lowest BCUT2D eigenvalue weighted by Crippen LogP contribution is -2.49. The Hall–Kier alpha value is -0.860. The number of hydrogen-bond donors (Lipinski definition) is 2. The smallest absolute Gasteiger partial charge is 0.0233 e. The summed E-state index contributed by atoms with van der Waals surface area (Å²) in [6.07, 6.45) is 1.14. The van der Waals surface area contributed by atoms with Crippen molar-refractivity contribution in [2.45, 2.75) is 33.2 Å². The van der Waals surface area contributed by atoms with E-state index in [4.69, 9.17) is 0 Å². The number of hydrogen-bond acceptors (Lipinski definition) is 2. The van der Waals surface area contributed by atoms with Crippen LogP contribution < -0.4 is 10.6 Å². The van der Waals surface area contributed by atoms with Crippen molar-refractivity contribution >= 4 is 0 Å². The molecular formula is C14H22N2. The van der Waals surface area contributed by atoms with Crippen LogP contribution in [0.4, 0.5) is 0 Å². The summed E-state index contributed by atoms with van der Waals surface area (Å²) in [6, 6.07) is 5.17. The van der Waals surface area contributed by atoms with Crippen molar-refractivity contribution in [3.05, 3.63) is 34.4 Å². The molecule has 0 radical (unpaired) electrons. The number of rotatable bonds is 2. The van der Waals surface area contributed by atoms with Crippen molar-refractivity contribution in [2.75, 3.05) is 19.6 Å². The molecule has 1 atom stereocenters. The molecule has 1 aromatic carbocycles. The monoisotopic (exact) mass is 218 g/mol. The second-order valence-electron chi connectivity index (χ2n) is 4.94. The Kier molecular flexibility index (Phi) is 3.62. The lowest BCUT2D eigenvalue weighted by molar-refractivity contribution is 0.416. The zero-order chi connectivity index (χ0) is 11.5. The summed E-state index contributed by atoms with van der Waals surface area (Å²) < 4.78 is 0. The van der Waals surface area contributed by atoms with Crippen LogP contribution in [0.3, 0.4) is 0 Å². The van der Waals surface area contributed by atoms with Gasteiger partial charge in [-0.15, -0.1) is 0 Å². The molecule has 1 aliphatic rings. The molecule has 2 heteroatoms. The fraction of sp³-hybridized carbons (Fsp3) is 0.571. The minimum Gasteiger partial charge on any atom is -0.314 e. The molecule has 1 heterocycles. The first-order valence-corrected chi connectivity index (χ1v) is 6.17. The van der Waals surface area contributed by atoms with Gasteiger partial charge in [0.1, 0.15) is 0 Å². The molecule has 1 aliphatic heterocycles. The van der Waals surface area contributed by atoms with Crippen LogP contribution in [-0.4, -0.2) is 25.7 Å². The van der Waals surface area contributed by atoms with E-state index in [0.717, 1.165) is 26.1 Å². The molecule has 1 aromatic rings. The van der Waals surface area contributed by atoms with Gasteiger partial charge in [0.15, 0.2) is 0 Å². The average molecular weight is 218 g/mol. The van der Waals surface area contributed by atoms with Crippen molar-refractivity contribution in [3.63, 3.8) is 0 Å². The lowest BCUT2D eigenvalue weighted by Gasteiger charge is -2.26. The van der Waals surface area contributed by atoms with E-state index >= 15 is 0 Å². The van der Waals surface area contributed by atoms with E-state index in [2.05, 4.69) is 43.5 Å². The Morgan fingerprint density at radius 2 is 1.81 bits per heavy atom. The van der Waals surface area contributed by atoms with Gasteiger partial charge < -0.3 is 10.6 Å². The van der Waals surface area contributed by atoms with Crippen LogP contribution >= 0.6 is 0 Å². The molecule has 0 saturated carbocycles. The highest BCUT2D eigenvalue weighted by Crippen LogP contribution is 2.18. The van der Waals surface area contributed by atoms with Gasteiger partial charge in [0.25, 0.3) is 0 Å². The molecule has 2 N–H and O–H groups in total. The van der Waals surface area contributed by atoms with Gasteiger partial charge in [0.2, 0.25) is 0 Å². The Labute approximate surface area is 98.4 Å². The molecule has 16 heavy (non-hydrogen) atoms. The molecule has 0 bridgehead atoms. The number of piperazine rings is 1. The summed E-state index contributed by atoms with van der Waals surface area (Å²) in [5.41, 5.74) is 5.76. The van der Waals surface area contributed by atoms with Crippen molar-refractivity contribution < 1.29 is 0 Å². The molecule has 2 rings (SSSR count). The molecule has 1 fully saturated rings. The molecule has 1 saturated heterocycles. The minimum atomic E-state index is 0.592. The number of benzene rings is 1. The van der Waals surface area contributed by atoms with E-state index in [9.17, 15) is 0 Å². The van der Waals surface area contributed by atoms with E-state index in [1.165, 1.54) is 22.3 Å². The summed E-state index contributed by atoms with van der Waals surface area (Å²) >= 11 is 0.